The molecular formula is C57H89N7O15. The number of Topliss-reactive ketones (excluding diaryl/α,β-unsaturated/α-hetero) is 1. The molecule has 1 aromatic carbocycles. The maximum absolute atomic E-state index is 15.0. The molecule has 0 spiro atoms. The van der Waals surface area contributed by atoms with E-state index in [2.05, 4.69) is 16.0 Å². The van der Waals surface area contributed by atoms with Crippen LogP contribution in [0.5, 0.6) is 5.75 Å². The molecule has 0 bridgehead atoms. The van der Waals surface area contributed by atoms with Gasteiger partial charge in [-0.15, -0.1) is 0 Å². The zero-order valence-corrected chi connectivity index (χ0v) is 48.8. The number of methoxy groups -OCH3 is 1. The van der Waals surface area contributed by atoms with Gasteiger partial charge in [-0.1, -0.05) is 73.9 Å². The quantitative estimate of drug-likeness (QED) is 0.124. The lowest BCUT2D eigenvalue weighted by Gasteiger charge is -2.36. The normalized spacial score (nSPS) is 27.7. The maximum atomic E-state index is 15.0. The number of hydrogen-bond donors (Lipinski definition) is 5. The van der Waals surface area contributed by atoms with E-state index in [9.17, 15) is 53.4 Å². The summed E-state index contributed by atoms with van der Waals surface area (Å²) in [6.07, 6.45) is -4.99. The largest absolute Gasteiger partial charge is 0.497 e. The van der Waals surface area contributed by atoms with Crippen molar-refractivity contribution in [3.8, 4) is 5.75 Å². The summed E-state index contributed by atoms with van der Waals surface area (Å²) in [5, 5.41) is 30.2. The van der Waals surface area contributed by atoms with Crippen LogP contribution in [0.25, 0.3) is 0 Å². The van der Waals surface area contributed by atoms with E-state index in [-0.39, 0.29) is 57.0 Å². The van der Waals surface area contributed by atoms with Crippen LogP contribution in [-0.2, 0) is 63.8 Å². The van der Waals surface area contributed by atoms with Crippen LogP contribution in [-0.4, -0.2) is 190 Å². The number of carbonyl (C=O) groups is 10. The highest BCUT2D eigenvalue weighted by molar-refractivity contribution is 6.05. The minimum Gasteiger partial charge on any atom is -0.497 e. The van der Waals surface area contributed by atoms with Crippen LogP contribution < -0.4 is 20.7 Å². The molecular weight excluding hydrogens is 1020 g/mol. The third-order valence-corrected chi connectivity index (χ3v) is 15.5. The Morgan fingerprint density at radius 3 is 2.06 bits per heavy atom. The molecule has 0 aromatic heterocycles. The minimum absolute atomic E-state index is 0.0720. The van der Waals surface area contributed by atoms with Crippen molar-refractivity contribution in [3.05, 3.63) is 29.8 Å². The Labute approximate surface area is 465 Å². The molecule has 3 fully saturated rings. The van der Waals surface area contributed by atoms with Gasteiger partial charge in [0.25, 0.3) is 5.91 Å². The first kappa shape index (κ1) is 65.4. The molecule has 1 aromatic rings. The minimum atomic E-state index is -1.76. The fraction of sp³-hybridized carbons (Fsp3) is 0.719. The van der Waals surface area contributed by atoms with Crippen molar-refractivity contribution < 1.29 is 72.4 Å². The van der Waals surface area contributed by atoms with Gasteiger partial charge in [-0.3, -0.25) is 43.2 Å². The highest BCUT2D eigenvalue weighted by Crippen LogP contribution is 2.27. The number of esters is 2. The summed E-state index contributed by atoms with van der Waals surface area (Å²) in [6.45, 7) is 18.4. The van der Waals surface area contributed by atoms with E-state index in [4.69, 9.17) is 14.2 Å². The summed E-state index contributed by atoms with van der Waals surface area (Å²) >= 11 is 0. The molecule has 3 aliphatic rings. The van der Waals surface area contributed by atoms with E-state index in [1.54, 1.807) is 52.0 Å². The lowest BCUT2D eigenvalue weighted by Crippen LogP contribution is -2.62. The number of aliphatic hydroxyl groups excluding tert-OH is 2. The molecule has 5 N–H and O–H groups in total. The Balaban J connectivity index is 1.89. The number of aliphatic hydroxyl groups is 2. The molecule has 0 unspecified atom stereocenters. The Hall–Kier alpha value is -6.16. The van der Waals surface area contributed by atoms with Crippen molar-refractivity contribution in [1.29, 1.82) is 0 Å². The standard InChI is InChI=1S/C57H89N7O15/c1-15-33(8)46-44(66)29-45(67)79-49(32(6)7)48(68)34(9)50(69)58-39(26-30(2)3)54(73)64-25-17-19-41(64)56(75)62(13)43(28-37-20-22-38(77-14)23-21-37)57(76)78-36(11)47(52(71)59-46)60-51(70)42(27-31(4)5)61(12)55(74)40-18-16-24-63(40)53(72)35(10)65/h20-23,30-36,39-44,46-47,49,65-66H,15-19,24-29H2,1-14H3,(H,58,69)(H,59,71)(H,60,70)/t33-,34-,35-,36+,39-,40-,41-,42+,43-,44+,46+,47-,49-/m0/s1. The number of rotatable bonds is 15. The van der Waals surface area contributed by atoms with Gasteiger partial charge in [0, 0.05) is 33.6 Å². The average molecular weight is 1110 g/mol. The molecule has 3 heterocycles. The Bertz CT molecular complexity index is 2330. The number of nitrogens with one attached hydrogen (secondary N) is 3. The lowest BCUT2D eigenvalue weighted by atomic mass is 9.91. The van der Waals surface area contributed by atoms with E-state index in [1.807, 2.05) is 27.7 Å². The fourth-order valence-electron chi connectivity index (χ4n) is 10.5. The summed E-state index contributed by atoms with van der Waals surface area (Å²) in [4.78, 5) is 149. The second-order valence-corrected chi connectivity index (χ2v) is 23.0. The van der Waals surface area contributed by atoms with Crippen LogP contribution >= 0.6 is 0 Å². The number of benzene rings is 1. The molecule has 79 heavy (non-hydrogen) atoms. The smallest absolute Gasteiger partial charge is 0.329 e. The maximum Gasteiger partial charge on any atom is 0.329 e. The summed E-state index contributed by atoms with van der Waals surface area (Å²) < 4.78 is 17.2. The molecule has 3 saturated heterocycles. The van der Waals surface area contributed by atoms with Gasteiger partial charge in [-0.2, -0.15) is 0 Å². The number of hydrogen-bond acceptors (Lipinski definition) is 15. The van der Waals surface area contributed by atoms with Crippen LogP contribution in [0.1, 0.15) is 133 Å². The van der Waals surface area contributed by atoms with Crippen LogP contribution in [0.2, 0.25) is 0 Å². The van der Waals surface area contributed by atoms with E-state index < -0.39 is 150 Å². The number of fused-ring (bicyclic) bond motifs is 1. The van der Waals surface area contributed by atoms with Gasteiger partial charge in [-0.25, -0.2) is 4.79 Å². The number of amides is 7. The monoisotopic (exact) mass is 1110 g/mol. The molecule has 0 saturated carbocycles. The number of nitrogens with zero attached hydrogens (tertiary/aromatic N) is 4. The third kappa shape index (κ3) is 16.9. The predicted octanol–water partition coefficient (Wildman–Crippen LogP) is 2.32. The number of ketones is 1. The van der Waals surface area contributed by atoms with Crippen molar-refractivity contribution in [2.45, 2.75) is 201 Å². The Morgan fingerprint density at radius 1 is 0.861 bits per heavy atom. The van der Waals surface area contributed by atoms with Gasteiger partial charge in [-0.05, 0) is 101 Å². The summed E-state index contributed by atoms with van der Waals surface area (Å²) in [6, 6.07) is -2.19. The van der Waals surface area contributed by atoms with Crippen LogP contribution in [0.15, 0.2) is 24.3 Å². The molecule has 0 aliphatic carbocycles. The van der Waals surface area contributed by atoms with Crippen LogP contribution in [0.3, 0.4) is 0 Å². The average Bonchev–Trinajstić information content (AvgIpc) is 4.13. The van der Waals surface area contributed by atoms with Gasteiger partial charge in [0.15, 0.2) is 11.9 Å². The molecule has 22 nitrogen and oxygen atoms in total. The zero-order chi connectivity index (χ0) is 59.3. The number of likely N-dealkylation sites (N-methyl/N-ethyl adjacent to an activating group) is 2. The zero-order valence-electron chi connectivity index (χ0n) is 48.8. The van der Waals surface area contributed by atoms with E-state index in [1.165, 1.54) is 61.6 Å². The SMILES string of the molecule is CC[C@H](C)[C@H]1NC(=O)[C@@H](NC(=O)[C@@H](CC(C)C)N(C)C(=O)[C@@H]2CCCN2C(=O)[C@H](C)O)[C@@H](C)OC(=O)[C@H](Cc2ccc(OC)cc2)N(C)C(=O)[C@@H]2CCCN2C(=O)[C@H](CC(C)C)NC(=O)[C@@H](C)C(=O)[C@H](C(C)C)OC(=O)C[C@H]1O. The second-order valence-electron chi connectivity index (χ2n) is 23.0. The summed E-state index contributed by atoms with van der Waals surface area (Å²) in [5.74, 6) is -10.3. The fourth-order valence-corrected chi connectivity index (χ4v) is 10.5. The van der Waals surface area contributed by atoms with Gasteiger partial charge in [0.05, 0.1) is 31.6 Å². The number of cyclic esters (lactones) is 2. The highest BCUT2D eigenvalue weighted by atomic mass is 16.6. The lowest BCUT2D eigenvalue weighted by molar-refractivity contribution is -0.163. The molecule has 3 aliphatic heterocycles. The summed E-state index contributed by atoms with van der Waals surface area (Å²) in [5.41, 5.74) is 0.571. The summed E-state index contributed by atoms with van der Waals surface area (Å²) in [7, 11) is 4.29. The second kappa shape index (κ2) is 29.3. The van der Waals surface area contributed by atoms with Gasteiger partial charge in [0.1, 0.15) is 54.2 Å². The van der Waals surface area contributed by atoms with Crippen molar-refractivity contribution >= 4 is 59.1 Å². The number of likely N-dealkylation sites (tertiary alicyclic amines) is 1. The first-order chi connectivity index (χ1) is 37.0. The molecule has 442 valence electrons. The van der Waals surface area contributed by atoms with Crippen molar-refractivity contribution in [2.75, 3.05) is 34.3 Å². The third-order valence-electron chi connectivity index (χ3n) is 15.5. The predicted molar refractivity (Wildman–Crippen MR) is 290 cm³/mol. The molecule has 13 atom stereocenters. The van der Waals surface area contributed by atoms with E-state index >= 15 is 4.79 Å². The molecule has 7 amide bonds. The van der Waals surface area contributed by atoms with Crippen molar-refractivity contribution in [2.24, 2.45) is 29.6 Å². The molecule has 22 heteroatoms. The van der Waals surface area contributed by atoms with Crippen molar-refractivity contribution in [3.63, 3.8) is 0 Å². The van der Waals surface area contributed by atoms with Gasteiger partial charge < -0.3 is 60.0 Å². The van der Waals surface area contributed by atoms with E-state index in [0.29, 0.717) is 30.6 Å². The van der Waals surface area contributed by atoms with Crippen LogP contribution in [0.4, 0.5) is 0 Å². The molecule has 0 radical (unpaired) electrons. The van der Waals surface area contributed by atoms with Gasteiger partial charge >= 0.3 is 11.9 Å². The van der Waals surface area contributed by atoms with Crippen LogP contribution in [0, 0.1) is 29.6 Å². The van der Waals surface area contributed by atoms with Crippen molar-refractivity contribution in [1.82, 2.24) is 35.6 Å². The molecule has 4 rings (SSSR count). The Kier molecular flexibility index (Phi) is 24.3. The highest BCUT2D eigenvalue weighted by Gasteiger charge is 2.46. The first-order valence-corrected chi connectivity index (χ1v) is 28.0. The topological polar surface area (TPSA) is 288 Å². The number of carbonyl (C=O) groups excluding carboxylic acids is 10. The Morgan fingerprint density at radius 2 is 1.49 bits per heavy atom. The first-order valence-electron chi connectivity index (χ1n) is 28.0. The number of ether oxygens (including phenoxy) is 3. The van der Waals surface area contributed by atoms with Gasteiger partial charge in [0.2, 0.25) is 35.4 Å². The van der Waals surface area contributed by atoms with E-state index in [0.717, 1.165) is 0 Å².